The number of carbonyl (C=O) groups excluding carboxylic acids is 1. The lowest BCUT2D eigenvalue weighted by atomic mass is 10.0. The van der Waals surface area contributed by atoms with Crippen molar-refractivity contribution in [1.82, 2.24) is 0 Å². The molecule has 0 fully saturated rings. The van der Waals surface area contributed by atoms with Crippen LogP contribution in [0.4, 0.5) is 38.1 Å². The van der Waals surface area contributed by atoms with Gasteiger partial charge in [-0.25, -0.2) is 22.0 Å². The molecular formula is C22H24F5N3O5S. The molecule has 0 radical (unpaired) electrons. The van der Waals surface area contributed by atoms with Crippen LogP contribution in [0.15, 0.2) is 41.3 Å². The Hall–Kier alpha value is -3.13. The number of benzene rings is 2. The Morgan fingerprint density at radius 3 is 2.33 bits per heavy atom. The van der Waals surface area contributed by atoms with Gasteiger partial charge in [0.1, 0.15) is 11.9 Å². The van der Waals surface area contributed by atoms with Gasteiger partial charge in [-0.15, -0.1) is 0 Å². The number of alkyl halides is 3. The number of hydrogen-bond donors (Lipinski definition) is 2. The minimum absolute atomic E-state index is 0.0242. The third kappa shape index (κ3) is 5.19. The summed E-state index contributed by atoms with van der Waals surface area (Å²) in [7, 11) is -4.53. The molecule has 0 aromatic heterocycles. The predicted octanol–water partition coefficient (Wildman–Crippen LogP) is 4.55. The van der Waals surface area contributed by atoms with Gasteiger partial charge in [0.25, 0.3) is 10.0 Å². The summed E-state index contributed by atoms with van der Waals surface area (Å²) in [6.45, 7) is 4.40. The molecule has 0 saturated heterocycles. The second kappa shape index (κ2) is 9.39. The predicted molar refractivity (Wildman–Crippen MR) is 120 cm³/mol. The molecule has 0 bridgehead atoms. The Kier molecular flexibility index (Phi) is 7.16. The maximum atomic E-state index is 13.9. The summed E-state index contributed by atoms with van der Waals surface area (Å²) in [5.41, 5.74) is 2.95. The number of ether oxygens (including phenoxy) is 2. The first-order valence-electron chi connectivity index (χ1n) is 10.6. The van der Waals surface area contributed by atoms with Crippen molar-refractivity contribution in [3.63, 3.8) is 0 Å². The Morgan fingerprint density at radius 1 is 1.14 bits per heavy atom. The zero-order chi connectivity index (χ0) is 27.2. The smallest absolute Gasteiger partial charge is 0.427 e. The fourth-order valence-electron chi connectivity index (χ4n) is 3.54. The average molecular weight is 538 g/mol. The van der Waals surface area contributed by atoms with E-state index in [-0.39, 0.29) is 17.1 Å². The monoisotopic (exact) mass is 537 g/mol. The lowest BCUT2D eigenvalue weighted by Crippen LogP contribution is -2.56. The van der Waals surface area contributed by atoms with Crippen LogP contribution in [-0.4, -0.2) is 44.5 Å². The van der Waals surface area contributed by atoms with Gasteiger partial charge in [-0.05, 0) is 64.1 Å². The highest BCUT2D eigenvalue weighted by Crippen LogP contribution is 2.42. The molecule has 3 atom stereocenters. The van der Waals surface area contributed by atoms with Crippen molar-refractivity contribution in [1.29, 1.82) is 0 Å². The minimum atomic E-state index is -4.84. The van der Waals surface area contributed by atoms with Crippen LogP contribution in [0.2, 0.25) is 0 Å². The third-order valence-electron chi connectivity index (χ3n) is 5.55. The molecule has 198 valence electrons. The quantitative estimate of drug-likeness (QED) is 0.542. The van der Waals surface area contributed by atoms with Gasteiger partial charge in [0.15, 0.2) is 11.6 Å². The molecule has 0 saturated carbocycles. The second-order valence-corrected chi connectivity index (χ2v) is 10.6. The highest BCUT2D eigenvalue weighted by atomic mass is 32.2. The van der Waals surface area contributed by atoms with Crippen molar-refractivity contribution in [2.45, 2.75) is 62.6 Å². The number of nitrogens with two attached hydrogens (primary N) is 1. The average Bonchev–Trinajstić information content (AvgIpc) is 2.73. The molecule has 0 spiro atoms. The van der Waals surface area contributed by atoms with Crippen LogP contribution in [-0.2, 0) is 14.8 Å². The van der Waals surface area contributed by atoms with Gasteiger partial charge in [0.05, 0.1) is 16.6 Å². The summed E-state index contributed by atoms with van der Waals surface area (Å²) in [5, 5.41) is 2.12. The van der Waals surface area contributed by atoms with Gasteiger partial charge < -0.3 is 15.2 Å². The number of rotatable bonds is 5. The maximum absolute atomic E-state index is 13.9. The SMILES string of the molecule is CC(N)C1Oc2ccc(NC(=O)OC(C)(C)C(F)(F)F)cc2N(S(=O)(=O)c2ccc(F)c(F)c2)C1C. The topological polar surface area (TPSA) is 111 Å². The first-order chi connectivity index (χ1) is 16.5. The van der Waals surface area contributed by atoms with Gasteiger partial charge in [0, 0.05) is 11.7 Å². The number of halogens is 5. The van der Waals surface area contributed by atoms with Crippen LogP contribution >= 0.6 is 0 Å². The summed E-state index contributed by atoms with van der Waals surface area (Å²) >= 11 is 0. The molecule has 1 aliphatic rings. The minimum Gasteiger partial charge on any atom is -0.484 e. The van der Waals surface area contributed by atoms with Crippen molar-refractivity contribution in [3.05, 3.63) is 48.0 Å². The first-order valence-corrected chi connectivity index (χ1v) is 12.0. The van der Waals surface area contributed by atoms with E-state index in [4.69, 9.17) is 10.5 Å². The van der Waals surface area contributed by atoms with Crippen molar-refractivity contribution in [2.24, 2.45) is 5.73 Å². The fraction of sp³-hybridized carbons (Fsp3) is 0.409. The largest absolute Gasteiger partial charge is 0.484 e. The number of amides is 1. The molecule has 2 aromatic carbocycles. The number of carbonyl (C=O) groups is 1. The highest BCUT2D eigenvalue weighted by molar-refractivity contribution is 7.92. The normalized spacial score (nSPS) is 19.2. The van der Waals surface area contributed by atoms with E-state index >= 15 is 0 Å². The van der Waals surface area contributed by atoms with Gasteiger partial charge >= 0.3 is 12.3 Å². The van der Waals surface area contributed by atoms with Crippen molar-refractivity contribution >= 4 is 27.5 Å². The summed E-state index contributed by atoms with van der Waals surface area (Å²) in [4.78, 5) is 11.6. The van der Waals surface area contributed by atoms with E-state index in [0.29, 0.717) is 26.0 Å². The third-order valence-corrected chi connectivity index (χ3v) is 7.44. The Morgan fingerprint density at radius 2 is 1.78 bits per heavy atom. The van der Waals surface area contributed by atoms with E-state index in [0.717, 1.165) is 16.4 Å². The fourth-order valence-corrected chi connectivity index (χ4v) is 5.22. The number of anilines is 2. The molecule has 1 heterocycles. The van der Waals surface area contributed by atoms with Gasteiger partial charge in [-0.3, -0.25) is 9.62 Å². The molecule has 1 aliphatic heterocycles. The highest BCUT2D eigenvalue weighted by Gasteiger charge is 2.51. The molecule has 3 N–H and O–H groups in total. The van der Waals surface area contributed by atoms with Crippen LogP contribution in [0.5, 0.6) is 5.75 Å². The molecule has 36 heavy (non-hydrogen) atoms. The van der Waals surface area contributed by atoms with E-state index in [9.17, 15) is 35.2 Å². The molecule has 3 rings (SSSR count). The second-order valence-electron chi connectivity index (χ2n) is 8.76. The van der Waals surface area contributed by atoms with Gasteiger partial charge in [-0.2, -0.15) is 13.2 Å². The number of sulfonamides is 1. The molecule has 2 aromatic rings. The summed E-state index contributed by atoms with van der Waals surface area (Å²) in [6, 6.07) is 4.14. The van der Waals surface area contributed by atoms with Gasteiger partial charge in [-0.1, -0.05) is 0 Å². The molecule has 14 heteroatoms. The van der Waals surface area contributed by atoms with Crippen molar-refractivity contribution < 1.29 is 44.6 Å². The Balaban J connectivity index is 2.04. The maximum Gasteiger partial charge on any atom is 0.427 e. The standard InChI is InChI=1S/C22H24F5N3O5S/c1-11(28)19-12(2)30(36(32,33)14-6-7-15(23)16(24)10-14)17-9-13(5-8-18(17)34-19)29-20(31)35-21(3,4)22(25,26)27/h5-12,19H,28H2,1-4H3,(H,29,31). The molecule has 3 unspecified atom stereocenters. The van der Waals surface area contributed by atoms with E-state index in [1.807, 2.05) is 0 Å². The number of fused-ring (bicyclic) bond motifs is 1. The summed E-state index contributed by atoms with van der Waals surface area (Å²) in [5.74, 6) is -2.60. The Bertz CT molecular complexity index is 1270. The van der Waals surface area contributed by atoms with Crippen LogP contribution < -0.4 is 20.1 Å². The number of nitrogens with one attached hydrogen (secondary N) is 1. The van der Waals surface area contributed by atoms with Crippen LogP contribution in [0.3, 0.4) is 0 Å². The molecule has 8 nitrogen and oxygen atoms in total. The van der Waals surface area contributed by atoms with E-state index in [1.165, 1.54) is 19.1 Å². The van der Waals surface area contributed by atoms with E-state index in [2.05, 4.69) is 10.1 Å². The lowest BCUT2D eigenvalue weighted by molar-refractivity contribution is -0.242. The number of nitrogens with zero attached hydrogens (tertiary/aromatic N) is 1. The zero-order valence-electron chi connectivity index (χ0n) is 19.6. The summed E-state index contributed by atoms with van der Waals surface area (Å²) in [6.07, 6.45) is -7.13. The first kappa shape index (κ1) is 27.5. The Labute approximate surface area is 204 Å². The van der Waals surface area contributed by atoms with E-state index in [1.54, 1.807) is 6.92 Å². The molecule has 1 amide bonds. The van der Waals surface area contributed by atoms with E-state index < -0.39 is 62.6 Å². The summed E-state index contributed by atoms with van der Waals surface area (Å²) < 4.78 is 105. The number of hydrogen-bond acceptors (Lipinski definition) is 6. The molecule has 0 aliphatic carbocycles. The zero-order valence-corrected chi connectivity index (χ0v) is 20.4. The van der Waals surface area contributed by atoms with Crippen LogP contribution in [0.25, 0.3) is 0 Å². The van der Waals surface area contributed by atoms with Crippen LogP contribution in [0, 0.1) is 11.6 Å². The van der Waals surface area contributed by atoms with Crippen LogP contribution in [0.1, 0.15) is 27.7 Å². The molecular weight excluding hydrogens is 513 g/mol. The van der Waals surface area contributed by atoms with Gasteiger partial charge in [0.2, 0.25) is 5.60 Å². The van der Waals surface area contributed by atoms with Crippen molar-refractivity contribution in [3.8, 4) is 5.75 Å². The lowest BCUT2D eigenvalue weighted by Gasteiger charge is -2.42. The van der Waals surface area contributed by atoms with Crippen molar-refractivity contribution in [2.75, 3.05) is 9.62 Å².